The number of hydrogen-bond donors (Lipinski definition) is 2. The second kappa shape index (κ2) is 9.29. The maximum atomic E-state index is 14.2. The molecule has 0 unspecified atom stereocenters. The zero-order chi connectivity index (χ0) is 25.6. The van der Waals surface area contributed by atoms with Crippen LogP contribution in [0.2, 0.25) is 5.02 Å². The van der Waals surface area contributed by atoms with Crippen LogP contribution in [0.25, 0.3) is 22.3 Å². The quantitative estimate of drug-likeness (QED) is 0.362. The SMILES string of the molecule is CN1CC[C@H](c2c(O)cc(O)c3c(=O)cc(-c4ccccc4Cl)oc23)[C@@H]1OC(=O)c1ccccc1F. The Morgan fingerprint density at radius 3 is 2.58 bits per heavy atom. The number of likely N-dealkylation sites (tertiary alicyclic amines) is 1. The molecule has 9 heteroatoms. The average Bonchev–Trinajstić information content (AvgIpc) is 3.18. The molecule has 5 rings (SSSR count). The van der Waals surface area contributed by atoms with Crippen LogP contribution in [0.4, 0.5) is 4.39 Å². The van der Waals surface area contributed by atoms with Crippen LogP contribution >= 0.6 is 11.6 Å². The molecule has 0 spiro atoms. The summed E-state index contributed by atoms with van der Waals surface area (Å²) in [5.41, 5.74) is -0.135. The standard InChI is InChI=1S/C27H21ClFNO6/c1-30-11-10-16(26(30)36-27(34)15-7-3-5-9-18(15)29)23-19(31)12-20(32)24-21(33)13-22(35-25(23)24)14-6-2-4-8-17(14)28/h2-9,12-13,16,26,31-32H,10-11H2,1H3/t16-,26+/m1/s1. The molecular formula is C27H21ClFNO6. The van der Waals surface area contributed by atoms with E-state index in [0.29, 0.717) is 23.6 Å². The number of carbonyl (C=O) groups excluding carboxylic acids is 1. The van der Waals surface area contributed by atoms with Crippen molar-refractivity contribution in [3.05, 3.63) is 92.9 Å². The lowest BCUT2D eigenvalue weighted by Crippen LogP contribution is -2.34. The third-order valence-corrected chi connectivity index (χ3v) is 6.73. The van der Waals surface area contributed by atoms with E-state index >= 15 is 0 Å². The molecule has 4 aromatic rings. The topological polar surface area (TPSA) is 100 Å². The normalized spacial score (nSPS) is 18.0. The molecule has 2 heterocycles. The Balaban J connectivity index is 1.65. The van der Waals surface area contributed by atoms with Crippen molar-refractivity contribution in [2.75, 3.05) is 13.6 Å². The van der Waals surface area contributed by atoms with E-state index in [2.05, 4.69) is 0 Å². The number of rotatable bonds is 4. The smallest absolute Gasteiger partial charge is 0.342 e. The average molecular weight is 510 g/mol. The van der Waals surface area contributed by atoms with Gasteiger partial charge >= 0.3 is 5.97 Å². The Labute approximate surface area is 209 Å². The number of esters is 1. The summed E-state index contributed by atoms with van der Waals surface area (Å²) in [6.07, 6.45) is -0.468. The van der Waals surface area contributed by atoms with Gasteiger partial charge in [0.2, 0.25) is 0 Å². The maximum Gasteiger partial charge on any atom is 0.342 e. The summed E-state index contributed by atoms with van der Waals surface area (Å²) in [7, 11) is 1.73. The number of carbonyl (C=O) groups is 1. The lowest BCUT2D eigenvalue weighted by atomic mass is 9.93. The van der Waals surface area contributed by atoms with E-state index in [1.54, 1.807) is 36.2 Å². The molecule has 3 aromatic carbocycles. The Bertz CT molecular complexity index is 1550. The summed E-state index contributed by atoms with van der Waals surface area (Å²) in [6, 6.07) is 14.6. The highest BCUT2D eigenvalue weighted by molar-refractivity contribution is 6.33. The van der Waals surface area contributed by atoms with Crippen LogP contribution < -0.4 is 5.43 Å². The highest BCUT2D eigenvalue weighted by atomic mass is 35.5. The van der Waals surface area contributed by atoms with Crippen LogP contribution in [0.15, 0.2) is 69.9 Å². The Kier molecular flexibility index (Phi) is 6.15. The molecular weight excluding hydrogens is 489 g/mol. The summed E-state index contributed by atoms with van der Waals surface area (Å²) < 4.78 is 26.0. The third kappa shape index (κ3) is 4.08. The number of likely N-dealkylation sites (N-methyl/N-ethyl adjacent to an activating group) is 1. The van der Waals surface area contributed by atoms with Gasteiger partial charge in [-0.25, -0.2) is 9.18 Å². The molecule has 0 aliphatic carbocycles. The van der Waals surface area contributed by atoms with Crippen LogP contribution in [0.1, 0.15) is 28.3 Å². The fourth-order valence-electron chi connectivity index (χ4n) is 4.65. The predicted molar refractivity (Wildman–Crippen MR) is 132 cm³/mol. The molecule has 2 N–H and O–H groups in total. The first-order chi connectivity index (χ1) is 17.3. The second-order valence-electron chi connectivity index (χ2n) is 8.64. The van der Waals surface area contributed by atoms with Crippen molar-refractivity contribution >= 4 is 28.5 Å². The van der Waals surface area contributed by atoms with Crippen molar-refractivity contribution in [2.45, 2.75) is 18.6 Å². The Hall–Kier alpha value is -3.88. The van der Waals surface area contributed by atoms with Gasteiger partial charge in [-0.15, -0.1) is 0 Å². The molecule has 0 saturated carbocycles. The maximum absolute atomic E-state index is 14.2. The number of benzene rings is 3. The van der Waals surface area contributed by atoms with Gasteiger partial charge in [0.1, 0.15) is 34.0 Å². The van der Waals surface area contributed by atoms with E-state index in [9.17, 15) is 24.2 Å². The van der Waals surface area contributed by atoms with Gasteiger partial charge in [0.05, 0.1) is 10.6 Å². The van der Waals surface area contributed by atoms with Gasteiger partial charge in [0.25, 0.3) is 0 Å². The van der Waals surface area contributed by atoms with Gasteiger partial charge in [-0.1, -0.05) is 35.9 Å². The fraction of sp³-hybridized carbons (Fsp3) is 0.185. The van der Waals surface area contributed by atoms with E-state index in [-0.39, 0.29) is 33.6 Å². The molecule has 0 radical (unpaired) electrons. The fourth-order valence-corrected chi connectivity index (χ4v) is 4.88. The first-order valence-corrected chi connectivity index (χ1v) is 11.6. The van der Waals surface area contributed by atoms with Crippen molar-refractivity contribution in [3.63, 3.8) is 0 Å². The lowest BCUT2D eigenvalue weighted by molar-refractivity contribution is -0.0129. The molecule has 1 aliphatic rings. The first kappa shape index (κ1) is 23.8. The summed E-state index contributed by atoms with van der Waals surface area (Å²) >= 11 is 6.31. The van der Waals surface area contributed by atoms with Crippen molar-refractivity contribution in [1.82, 2.24) is 4.90 Å². The number of nitrogens with zero attached hydrogens (tertiary/aromatic N) is 1. The van der Waals surface area contributed by atoms with E-state index in [1.165, 1.54) is 24.3 Å². The number of phenolic OH excluding ortho intramolecular Hbond substituents is 2. The van der Waals surface area contributed by atoms with Crippen molar-refractivity contribution < 1.29 is 28.6 Å². The Morgan fingerprint density at radius 2 is 1.83 bits per heavy atom. The monoisotopic (exact) mass is 509 g/mol. The zero-order valence-corrected chi connectivity index (χ0v) is 19.8. The molecule has 1 saturated heterocycles. The number of halogens is 2. The molecule has 184 valence electrons. The van der Waals surface area contributed by atoms with Crippen LogP contribution in [-0.2, 0) is 4.74 Å². The van der Waals surface area contributed by atoms with E-state index < -0.39 is 35.1 Å². The number of phenols is 2. The molecule has 1 aliphatic heterocycles. The minimum absolute atomic E-state index is 0.0397. The van der Waals surface area contributed by atoms with Gasteiger partial charge in [-0.2, -0.15) is 0 Å². The molecule has 0 bridgehead atoms. The van der Waals surface area contributed by atoms with Crippen molar-refractivity contribution in [2.24, 2.45) is 0 Å². The molecule has 36 heavy (non-hydrogen) atoms. The number of aromatic hydroxyl groups is 2. The predicted octanol–water partition coefficient (Wildman–Crippen LogP) is 5.27. The van der Waals surface area contributed by atoms with Crippen LogP contribution in [0.3, 0.4) is 0 Å². The highest BCUT2D eigenvalue weighted by Gasteiger charge is 2.40. The molecule has 7 nitrogen and oxygen atoms in total. The van der Waals surface area contributed by atoms with Gasteiger partial charge in [0.15, 0.2) is 11.7 Å². The van der Waals surface area contributed by atoms with E-state index in [0.717, 1.165) is 12.1 Å². The van der Waals surface area contributed by atoms with Crippen molar-refractivity contribution in [1.29, 1.82) is 0 Å². The van der Waals surface area contributed by atoms with Gasteiger partial charge in [-0.3, -0.25) is 9.69 Å². The molecule has 0 amide bonds. The molecule has 2 atom stereocenters. The van der Waals surface area contributed by atoms with Gasteiger partial charge in [0, 0.05) is 35.7 Å². The summed E-state index contributed by atoms with van der Waals surface area (Å²) in [4.78, 5) is 27.6. The summed E-state index contributed by atoms with van der Waals surface area (Å²) in [6.45, 7) is 0.482. The highest BCUT2D eigenvalue weighted by Crippen LogP contribution is 2.45. The largest absolute Gasteiger partial charge is 0.507 e. The molecule has 1 fully saturated rings. The van der Waals surface area contributed by atoms with Gasteiger partial charge < -0.3 is 19.4 Å². The molecule has 1 aromatic heterocycles. The van der Waals surface area contributed by atoms with Gasteiger partial charge in [-0.05, 0) is 37.7 Å². The first-order valence-electron chi connectivity index (χ1n) is 11.2. The summed E-state index contributed by atoms with van der Waals surface area (Å²) in [5, 5.41) is 21.6. The number of hydrogen-bond acceptors (Lipinski definition) is 7. The summed E-state index contributed by atoms with van der Waals surface area (Å²) in [5.74, 6) is -2.84. The lowest BCUT2D eigenvalue weighted by Gasteiger charge is -2.26. The zero-order valence-electron chi connectivity index (χ0n) is 19.1. The Morgan fingerprint density at radius 1 is 1.11 bits per heavy atom. The van der Waals surface area contributed by atoms with E-state index in [1.807, 2.05) is 0 Å². The van der Waals surface area contributed by atoms with E-state index in [4.69, 9.17) is 20.8 Å². The van der Waals surface area contributed by atoms with Crippen LogP contribution in [-0.4, -0.2) is 40.9 Å². The third-order valence-electron chi connectivity index (χ3n) is 6.40. The number of fused-ring (bicyclic) bond motifs is 1. The minimum atomic E-state index is -0.898. The second-order valence-corrected chi connectivity index (χ2v) is 9.05. The van der Waals surface area contributed by atoms with Crippen LogP contribution in [0, 0.1) is 5.82 Å². The number of ether oxygens (including phenoxy) is 1. The van der Waals surface area contributed by atoms with Crippen LogP contribution in [0.5, 0.6) is 11.5 Å². The minimum Gasteiger partial charge on any atom is -0.507 e. The van der Waals surface area contributed by atoms with Crippen molar-refractivity contribution in [3.8, 4) is 22.8 Å².